The van der Waals surface area contributed by atoms with Crippen molar-refractivity contribution in [2.24, 2.45) is 0 Å². The molecule has 0 saturated heterocycles. The van der Waals surface area contributed by atoms with Gasteiger partial charge in [0, 0.05) is 25.7 Å². The molecule has 1 atom stereocenters. The van der Waals surface area contributed by atoms with E-state index in [-0.39, 0.29) is 5.91 Å². The predicted molar refractivity (Wildman–Crippen MR) is 89.4 cm³/mol. The molecular weight excluding hydrogens is 362 g/mol. The fourth-order valence-electron chi connectivity index (χ4n) is 1.85. The number of hydrogen-bond acceptors (Lipinski definition) is 4. The number of benzene rings is 1. The third-order valence-electron chi connectivity index (χ3n) is 2.98. The van der Waals surface area contributed by atoms with Crippen molar-refractivity contribution in [3.05, 3.63) is 64.5 Å². The lowest BCUT2D eigenvalue weighted by Gasteiger charge is -2.20. The van der Waals surface area contributed by atoms with Crippen molar-refractivity contribution < 1.29 is 18.7 Å². The smallest absolute Gasteiger partial charge is 0.332 e. The predicted octanol–water partition coefficient (Wildman–Crippen LogP) is 3.43. The van der Waals surface area contributed by atoms with Gasteiger partial charge in [0.1, 0.15) is 5.76 Å². The van der Waals surface area contributed by atoms with Crippen LogP contribution in [-0.2, 0) is 14.3 Å². The maximum absolute atomic E-state index is 12.3. The maximum atomic E-state index is 12.3. The molecule has 0 aliphatic carbocycles. The summed E-state index contributed by atoms with van der Waals surface area (Å²) >= 11 is 3.18. The number of hydrogen-bond donors (Lipinski definition) is 0. The molecule has 0 aliphatic rings. The molecular formula is C17H16BrNO4. The van der Waals surface area contributed by atoms with Crippen molar-refractivity contribution in [2.75, 3.05) is 14.1 Å². The Balaban J connectivity index is 2.12. The van der Waals surface area contributed by atoms with Gasteiger partial charge in [-0.15, -0.1) is 0 Å². The van der Waals surface area contributed by atoms with E-state index in [1.54, 1.807) is 50.5 Å². The molecule has 120 valence electrons. The van der Waals surface area contributed by atoms with Crippen LogP contribution in [0.3, 0.4) is 0 Å². The summed E-state index contributed by atoms with van der Waals surface area (Å²) in [6.45, 7) is 0. The summed E-state index contributed by atoms with van der Waals surface area (Å²) in [7, 11) is 3.23. The SMILES string of the molecule is CN(C)C(=O)[C@@H](OC(=O)/C=C/c1ccc(Br)o1)c1ccccc1. The molecule has 0 N–H and O–H groups in total. The van der Waals surface area contributed by atoms with E-state index in [1.165, 1.54) is 17.1 Å². The first kappa shape index (κ1) is 17.0. The molecule has 6 heteroatoms. The average Bonchev–Trinajstić information content (AvgIpc) is 2.96. The Morgan fingerprint density at radius 3 is 2.43 bits per heavy atom. The fourth-order valence-corrected chi connectivity index (χ4v) is 2.17. The molecule has 0 unspecified atom stereocenters. The lowest BCUT2D eigenvalue weighted by molar-refractivity contribution is -0.155. The minimum atomic E-state index is -0.980. The molecule has 1 aromatic heterocycles. The molecule has 5 nitrogen and oxygen atoms in total. The summed E-state index contributed by atoms with van der Waals surface area (Å²) in [5.74, 6) is -0.427. The third-order valence-corrected chi connectivity index (χ3v) is 3.41. The minimum Gasteiger partial charge on any atom is -0.450 e. The van der Waals surface area contributed by atoms with E-state index < -0.39 is 12.1 Å². The van der Waals surface area contributed by atoms with Crippen molar-refractivity contribution in [1.82, 2.24) is 4.90 Å². The van der Waals surface area contributed by atoms with E-state index in [2.05, 4.69) is 15.9 Å². The Hall–Kier alpha value is -2.34. The second kappa shape index (κ2) is 7.78. The third kappa shape index (κ3) is 4.82. The molecule has 1 aromatic carbocycles. The van der Waals surface area contributed by atoms with Crippen molar-refractivity contribution in [2.45, 2.75) is 6.10 Å². The second-order valence-electron chi connectivity index (χ2n) is 4.94. The summed E-state index contributed by atoms with van der Waals surface area (Å²) in [6, 6.07) is 12.3. The summed E-state index contributed by atoms with van der Waals surface area (Å²) in [6.07, 6.45) is 1.73. The number of ether oxygens (including phenoxy) is 1. The van der Waals surface area contributed by atoms with Crippen LogP contribution in [0.15, 0.2) is 57.6 Å². The molecule has 2 rings (SSSR count). The van der Waals surface area contributed by atoms with Crippen molar-refractivity contribution >= 4 is 33.9 Å². The molecule has 0 aliphatic heterocycles. The van der Waals surface area contributed by atoms with E-state index in [0.29, 0.717) is 16.0 Å². The van der Waals surface area contributed by atoms with Crippen LogP contribution < -0.4 is 0 Å². The van der Waals surface area contributed by atoms with Gasteiger partial charge in [0.2, 0.25) is 6.10 Å². The Labute approximate surface area is 142 Å². The van der Waals surface area contributed by atoms with Gasteiger partial charge in [-0.3, -0.25) is 4.79 Å². The van der Waals surface area contributed by atoms with E-state index in [0.717, 1.165) is 0 Å². The van der Waals surface area contributed by atoms with Gasteiger partial charge in [0.25, 0.3) is 5.91 Å². The lowest BCUT2D eigenvalue weighted by Crippen LogP contribution is -2.30. The van der Waals surface area contributed by atoms with Crippen LogP contribution in [0.25, 0.3) is 6.08 Å². The minimum absolute atomic E-state index is 0.307. The number of rotatable bonds is 5. The zero-order chi connectivity index (χ0) is 16.8. The topological polar surface area (TPSA) is 59.8 Å². The molecule has 0 spiro atoms. The molecule has 0 saturated carbocycles. The Bertz CT molecular complexity index is 706. The fraction of sp³-hybridized carbons (Fsp3) is 0.176. The van der Waals surface area contributed by atoms with Gasteiger partial charge < -0.3 is 14.1 Å². The monoisotopic (exact) mass is 377 g/mol. The Morgan fingerprint density at radius 2 is 1.87 bits per heavy atom. The van der Waals surface area contributed by atoms with E-state index in [4.69, 9.17) is 9.15 Å². The van der Waals surface area contributed by atoms with Gasteiger partial charge >= 0.3 is 5.97 Å². The van der Waals surface area contributed by atoms with Gasteiger partial charge in [-0.1, -0.05) is 30.3 Å². The standard InChI is InChI=1S/C17H16BrNO4/c1-19(2)17(21)16(12-6-4-3-5-7-12)23-15(20)11-9-13-8-10-14(18)22-13/h3-11,16H,1-2H3/b11-9+/t16-/m0/s1. The normalized spacial score (nSPS) is 12.1. The highest BCUT2D eigenvalue weighted by Crippen LogP contribution is 2.20. The van der Waals surface area contributed by atoms with Crippen molar-refractivity contribution in [3.63, 3.8) is 0 Å². The van der Waals surface area contributed by atoms with E-state index in [9.17, 15) is 9.59 Å². The van der Waals surface area contributed by atoms with Gasteiger partial charge in [0.15, 0.2) is 4.67 Å². The first-order valence-electron chi connectivity index (χ1n) is 6.87. The highest BCUT2D eigenvalue weighted by Gasteiger charge is 2.25. The summed E-state index contributed by atoms with van der Waals surface area (Å²) in [5, 5.41) is 0. The van der Waals surface area contributed by atoms with Crippen LogP contribution in [0, 0.1) is 0 Å². The van der Waals surface area contributed by atoms with Gasteiger partial charge in [0.05, 0.1) is 0 Å². The summed E-state index contributed by atoms with van der Waals surface area (Å²) in [5.41, 5.74) is 0.619. The average molecular weight is 378 g/mol. The molecule has 2 aromatic rings. The number of furan rings is 1. The number of esters is 1. The highest BCUT2D eigenvalue weighted by atomic mass is 79.9. The number of carbonyl (C=O) groups is 2. The van der Waals surface area contributed by atoms with Gasteiger partial charge in [-0.2, -0.15) is 0 Å². The lowest BCUT2D eigenvalue weighted by atomic mass is 10.1. The molecule has 1 heterocycles. The van der Waals surface area contributed by atoms with Crippen molar-refractivity contribution in [1.29, 1.82) is 0 Å². The molecule has 0 radical (unpaired) electrons. The molecule has 1 amide bonds. The van der Waals surface area contributed by atoms with Crippen molar-refractivity contribution in [3.8, 4) is 0 Å². The quantitative estimate of drug-likeness (QED) is 0.591. The Morgan fingerprint density at radius 1 is 1.17 bits per heavy atom. The highest BCUT2D eigenvalue weighted by molar-refractivity contribution is 9.10. The zero-order valence-electron chi connectivity index (χ0n) is 12.7. The largest absolute Gasteiger partial charge is 0.450 e. The molecule has 0 bridgehead atoms. The Kier molecular flexibility index (Phi) is 5.76. The summed E-state index contributed by atoms with van der Waals surface area (Å²) in [4.78, 5) is 25.6. The number of carbonyl (C=O) groups excluding carboxylic acids is 2. The second-order valence-corrected chi connectivity index (χ2v) is 5.72. The maximum Gasteiger partial charge on any atom is 0.332 e. The van der Waals surface area contributed by atoms with Crippen LogP contribution in [0.2, 0.25) is 0 Å². The number of halogens is 1. The number of likely N-dealkylation sites (N-methyl/N-ethyl adjacent to an activating group) is 1. The van der Waals surface area contributed by atoms with Crippen LogP contribution in [0.1, 0.15) is 17.4 Å². The number of nitrogens with zero attached hydrogens (tertiary/aromatic N) is 1. The zero-order valence-corrected chi connectivity index (χ0v) is 14.3. The van der Waals surface area contributed by atoms with E-state index in [1.807, 2.05) is 6.07 Å². The van der Waals surface area contributed by atoms with Gasteiger partial charge in [-0.25, -0.2) is 4.79 Å². The first-order valence-corrected chi connectivity index (χ1v) is 7.67. The van der Waals surface area contributed by atoms with Crippen LogP contribution >= 0.6 is 15.9 Å². The summed E-state index contributed by atoms with van der Waals surface area (Å²) < 4.78 is 11.1. The van der Waals surface area contributed by atoms with E-state index >= 15 is 0 Å². The number of amides is 1. The molecule has 0 fully saturated rings. The van der Waals surface area contributed by atoms with Gasteiger partial charge in [-0.05, 0) is 34.1 Å². The first-order chi connectivity index (χ1) is 11.0. The van der Waals surface area contributed by atoms with Crippen LogP contribution in [0.4, 0.5) is 0 Å². The molecule has 23 heavy (non-hydrogen) atoms. The van der Waals surface area contributed by atoms with Crippen LogP contribution in [0.5, 0.6) is 0 Å². The van der Waals surface area contributed by atoms with Crippen LogP contribution in [-0.4, -0.2) is 30.9 Å².